The quantitative estimate of drug-likeness (QED) is 0.0377. The minimum absolute atomic E-state index is 0.0839. The van der Waals surface area contributed by atoms with Crippen LogP contribution in [-0.4, -0.2) is 52.3 Å². The van der Waals surface area contributed by atoms with Crippen LogP contribution in [0.3, 0.4) is 0 Å². The molecule has 2 aromatic rings. The van der Waals surface area contributed by atoms with Gasteiger partial charge >= 0.3 is 11.9 Å². The van der Waals surface area contributed by atoms with E-state index in [2.05, 4.69) is 102 Å². The van der Waals surface area contributed by atoms with E-state index < -0.39 is 14.4 Å². The molecule has 0 aromatic heterocycles. The molecule has 2 aromatic carbocycles. The molecule has 0 radical (unpaired) electrons. The Kier molecular flexibility index (Phi) is 32.1. The summed E-state index contributed by atoms with van der Waals surface area (Å²) in [5.41, 5.74) is 0. The maximum absolute atomic E-state index is 13.4. The molecule has 0 spiro atoms. The van der Waals surface area contributed by atoms with Crippen LogP contribution < -0.4 is 10.4 Å². The summed E-state index contributed by atoms with van der Waals surface area (Å²) < 4.78 is 26.0. The van der Waals surface area contributed by atoms with Gasteiger partial charge < -0.3 is 18.6 Å². The lowest BCUT2D eigenvalue weighted by Crippen LogP contribution is -2.67. The highest BCUT2D eigenvalue weighted by atomic mass is 28.4. The van der Waals surface area contributed by atoms with Crippen LogP contribution >= 0.6 is 0 Å². The third-order valence-corrected chi connectivity index (χ3v) is 17.5. The van der Waals surface area contributed by atoms with Crippen molar-refractivity contribution in [1.82, 2.24) is 0 Å². The van der Waals surface area contributed by atoms with Crippen molar-refractivity contribution in [2.75, 3.05) is 19.8 Å². The third kappa shape index (κ3) is 24.5. The van der Waals surface area contributed by atoms with Crippen LogP contribution in [0.1, 0.15) is 228 Å². The summed E-state index contributed by atoms with van der Waals surface area (Å²) in [5, 5.41) is 2.18. The van der Waals surface area contributed by atoms with Gasteiger partial charge in [-0.15, -0.1) is 0 Å². The van der Waals surface area contributed by atoms with Crippen LogP contribution in [0, 0.1) is 0 Å². The van der Waals surface area contributed by atoms with Gasteiger partial charge in [0.05, 0.1) is 19.8 Å². The van der Waals surface area contributed by atoms with Crippen LogP contribution in [0.5, 0.6) is 0 Å². The van der Waals surface area contributed by atoms with Crippen LogP contribution in [-0.2, 0) is 28.2 Å². The van der Waals surface area contributed by atoms with Gasteiger partial charge in [0.15, 0.2) is 0 Å². The van der Waals surface area contributed by atoms with Gasteiger partial charge in [0.25, 0.3) is 8.32 Å². The monoisotopic (exact) mass is 879 g/mol. The molecule has 2 rings (SSSR count). The van der Waals surface area contributed by atoms with Gasteiger partial charge in [-0.2, -0.15) is 0 Å². The number of ether oxygens (including phenoxy) is 3. The average molecular weight is 879 g/mol. The van der Waals surface area contributed by atoms with Gasteiger partial charge in [0, 0.05) is 19.3 Å². The lowest BCUT2D eigenvalue weighted by atomic mass is 10.1. The molecule has 0 N–H and O–H groups in total. The van der Waals surface area contributed by atoms with Gasteiger partial charge in [0.2, 0.25) is 0 Å². The number of esters is 2. The maximum Gasteiger partial charge on any atom is 0.306 e. The normalized spacial score (nSPS) is 12.9. The Balaban J connectivity index is 2.07. The van der Waals surface area contributed by atoms with Gasteiger partial charge in [-0.25, -0.2) is 0 Å². The molecule has 62 heavy (non-hydrogen) atoms. The molecule has 7 heteroatoms. The fourth-order valence-electron chi connectivity index (χ4n) is 8.77. The maximum atomic E-state index is 13.4. The molecular formula is C55H94O6Si. The Hall–Kier alpha value is -2.48. The number of unbranched alkanes of at least 4 members (excludes halogenated alkanes) is 22. The molecule has 6 nitrogen and oxygen atoms in total. The zero-order chi connectivity index (χ0) is 45.0. The Morgan fingerprint density at radius 1 is 0.468 bits per heavy atom. The summed E-state index contributed by atoms with van der Waals surface area (Å²) in [6.45, 7) is 14.5. The van der Waals surface area contributed by atoms with Crippen molar-refractivity contribution in [1.29, 1.82) is 0 Å². The van der Waals surface area contributed by atoms with Crippen molar-refractivity contribution in [3.8, 4) is 0 Å². The molecule has 0 saturated heterocycles. The highest BCUT2D eigenvalue weighted by Crippen LogP contribution is 2.37. The van der Waals surface area contributed by atoms with E-state index in [4.69, 9.17) is 18.6 Å². The molecule has 0 saturated carbocycles. The fourth-order valence-corrected chi connectivity index (χ4v) is 13.4. The lowest BCUT2D eigenvalue weighted by molar-refractivity contribution is -0.156. The van der Waals surface area contributed by atoms with E-state index >= 15 is 0 Å². The highest BCUT2D eigenvalue weighted by Gasteiger charge is 2.50. The van der Waals surface area contributed by atoms with Gasteiger partial charge in [-0.3, -0.25) is 9.59 Å². The molecule has 0 amide bonds. The molecule has 0 bridgehead atoms. The smallest absolute Gasteiger partial charge is 0.306 e. The van der Waals surface area contributed by atoms with Gasteiger partial charge in [0.1, 0.15) is 12.2 Å². The first-order valence-corrected chi connectivity index (χ1v) is 27.8. The molecule has 1 unspecified atom stereocenters. The summed E-state index contributed by atoms with van der Waals surface area (Å²) in [6.07, 6.45) is 32.1. The first-order chi connectivity index (χ1) is 30.2. The zero-order valence-corrected chi connectivity index (χ0v) is 42.0. The topological polar surface area (TPSA) is 71.1 Å². The summed E-state index contributed by atoms with van der Waals surface area (Å²) in [4.78, 5) is 26.5. The van der Waals surface area contributed by atoms with Crippen molar-refractivity contribution in [2.45, 2.75) is 245 Å². The van der Waals surface area contributed by atoms with Crippen molar-refractivity contribution >= 4 is 30.6 Å². The number of rotatable bonds is 40. The molecule has 0 aliphatic carbocycles. The Morgan fingerprint density at radius 2 is 0.839 bits per heavy atom. The number of carbonyl (C=O) groups excluding carboxylic acids is 2. The first kappa shape index (κ1) is 55.6. The van der Waals surface area contributed by atoms with E-state index in [0.717, 1.165) is 51.4 Å². The van der Waals surface area contributed by atoms with Crippen molar-refractivity contribution in [3.05, 3.63) is 60.7 Å². The molecular weight excluding hydrogens is 785 g/mol. The SMILES string of the molecule is CCCCCCCCCCCCCC(=O)OC(COCC[C@@H](CCCCCCC)OC(=O)CCCCCCCCCCC)CO[Si](c1ccccc1)(c1ccccc1)C(C)(C)C. The Bertz CT molecular complexity index is 1300. The summed E-state index contributed by atoms with van der Waals surface area (Å²) >= 11 is 0. The van der Waals surface area contributed by atoms with E-state index in [9.17, 15) is 9.59 Å². The van der Waals surface area contributed by atoms with Crippen LogP contribution in [0.25, 0.3) is 0 Å². The molecule has 0 heterocycles. The van der Waals surface area contributed by atoms with E-state index in [-0.39, 0.29) is 36.3 Å². The Morgan fingerprint density at radius 3 is 1.24 bits per heavy atom. The molecule has 2 atom stereocenters. The summed E-state index contributed by atoms with van der Waals surface area (Å²) in [6, 6.07) is 21.2. The highest BCUT2D eigenvalue weighted by molar-refractivity contribution is 6.99. The second-order valence-electron chi connectivity index (χ2n) is 19.1. The number of hydrogen-bond donors (Lipinski definition) is 0. The van der Waals surface area contributed by atoms with Crippen molar-refractivity contribution < 1.29 is 28.2 Å². The minimum atomic E-state index is -2.86. The second-order valence-corrected chi connectivity index (χ2v) is 23.4. The lowest BCUT2D eigenvalue weighted by Gasteiger charge is -2.43. The predicted octanol–water partition coefficient (Wildman–Crippen LogP) is 14.8. The standard InChI is InChI=1S/C55H94O6Si/c1-7-10-13-16-18-20-21-23-25-28-37-44-54(57)61-50(48-59-62(55(4,5)6,51-39-32-29-33-40-51)52-41-34-30-35-42-52)47-58-46-45-49(38-31-26-15-12-9-3)60-53(56)43-36-27-24-22-19-17-14-11-8-2/h29-30,32-35,39-42,49-50H,7-28,31,36-38,43-48H2,1-6H3/t49-,50?/m1/s1. The van der Waals surface area contributed by atoms with Crippen molar-refractivity contribution in [3.63, 3.8) is 0 Å². The van der Waals surface area contributed by atoms with Gasteiger partial charge in [-0.1, -0.05) is 243 Å². The third-order valence-electron chi connectivity index (χ3n) is 12.5. The number of hydrogen-bond acceptors (Lipinski definition) is 6. The second kappa shape index (κ2) is 35.8. The van der Waals surface area contributed by atoms with Crippen LogP contribution in [0.4, 0.5) is 0 Å². The van der Waals surface area contributed by atoms with Crippen LogP contribution in [0.2, 0.25) is 5.04 Å². The fraction of sp³-hybridized carbons (Fsp3) is 0.745. The molecule has 0 aliphatic heterocycles. The van der Waals surface area contributed by atoms with E-state index in [0.29, 0.717) is 25.9 Å². The number of carbonyl (C=O) groups is 2. The number of benzene rings is 2. The van der Waals surface area contributed by atoms with Gasteiger partial charge in [-0.05, 0) is 41.1 Å². The molecule has 0 aliphatic rings. The van der Waals surface area contributed by atoms with E-state index in [1.54, 1.807) is 0 Å². The largest absolute Gasteiger partial charge is 0.462 e. The van der Waals surface area contributed by atoms with E-state index in [1.807, 2.05) is 0 Å². The summed E-state index contributed by atoms with van der Waals surface area (Å²) in [5.74, 6) is -0.268. The average Bonchev–Trinajstić information content (AvgIpc) is 3.26. The van der Waals surface area contributed by atoms with E-state index in [1.165, 1.54) is 126 Å². The predicted molar refractivity (Wildman–Crippen MR) is 265 cm³/mol. The molecule has 0 fully saturated rings. The molecule has 354 valence electrons. The first-order valence-electron chi connectivity index (χ1n) is 25.9. The zero-order valence-electron chi connectivity index (χ0n) is 41.0. The van der Waals surface area contributed by atoms with Crippen molar-refractivity contribution in [2.24, 2.45) is 0 Å². The van der Waals surface area contributed by atoms with Crippen LogP contribution in [0.15, 0.2) is 60.7 Å². The summed E-state index contributed by atoms with van der Waals surface area (Å²) in [7, 11) is -2.86. The minimum Gasteiger partial charge on any atom is -0.462 e. The Labute approximate surface area is 382 Å².